The largest absolute Gasteiger partial charge is 0.370 e. The van der Waals surface area contributed by atoms with Gasteiger partial charge in [0.15, 0.2) is 0 Å². The van der Waals surface area contributed by atoms with Crippen molar-refractivity contribution < 1.29 is 0 Å². The SMILES string of the molecule is Cc1ccc(-c2cc(NCCc3cccc4c(=O)n(C)cnc34)ncn2)cn1. The van der Waals surface area contributed by atoms with E-state index in [9.17, 15) is 4.79 Å². The van der Waals surface area contributed by atoms with E-state index in [1.165, 1.54) is 4.57 Å². The van der Waals surface area contributed by atoms with Crippen LogP contribution in [0.2, 0.25) is 0 Å². The molecule has 3 heterocycles. The second-order valence-corrected chi connectivity index (χ2v) is 6.63. The number of para-hydroxylation sites is 1. The second kappa shape index (κ2) is 7.56. The molecule has 0 fully saturated rings. The van der Waals surface area contributed by atoms with E-state index in [4.69, 9.17) is 0 Å². The molecule has 0 aliphatic rings. The van der Waals surface area contributed by atoms with Crippen LogP contribution in [0, 0.1) is 6.92 Å². The molecule has 0 saturated carbocycles. The molecular weight excluding hydrogens is 352 g/mol. The van der Waals surface area contributed by atoms with E-state index in [1.807, 2.05) is 49.5 Å². The molecular formula is C21H20N6O. The van der Waals surface area contributed by atoms with E-state index in [2.05, 4.69) is 25.3 Å². The van der Waals surface area contributed by atoms with Gasteiger partial charge >= 0.3 is 0 Å². The predicted molar refractivity (Wildman–Crippen MR) is 109 cm³/mol. The average molecular weight is 372 g/mol. The van der Waals surface area contributed by atoms with Crippen LogP contribution >= 0.6 is 0 Å². The van der Waals surface area contributed by atoms with Crippen molar-refractivity contribution in [1.82, 2.24) is 24.5 Å². The van der Waals surface area contributed by atoms with Gasteiger partial charge in [0.25, 0.3) is 5.56 Å². The first kappa shape index (κ1) is 17.8. The van der Waals surface area contributed by atoms with Gasteiger partial charge in [-0.25, -0.2) is 15.0 Å². The number of aryl methyl sites for hydroxylation is 2. The first-order valence-electron chi connectivity index (χ1n) is 9.04. The molecule has 0 saturated heterocycles. The Morgan fingerprint density at radius 2 is 1.96 bits per heavy atom. The van der Waals surface area contributed by atoms with Gasteiger partial charge in [-0.05, 0) is 37.1 Å². The van der Waals surface area contributed by atoms with Gasteiger partial charge in [0.05, 0.1) is 22.9 Å². The molecule has 140 valence electrons. The zero-order valence-corrected chi connectivity index (χ0v) is 15.8. The lowest BCUT2D eigenvalue weighted by atomic mass is 10.1. The molecule has 1 aromatic carbocycles. The lowest BCUT2D eigenvalue weighted by molar-refractivity contribution is 0.841. The highest BCUT2D eigenvalue weighted by Gasteiger charge is 2.07. The number of benzene rings is 1. The van der Waals surface area contributed by atoms with Gasteiger partial charge in [0, 0.05) is 37.1 Å². The summed E-state index contributed by atoms with van der Waals surface area (Å²) < 4.78 is 1.49. The van der Waals surface area contributed by atoms with Crippen LogP contribution < -0.4 is 10.9 Å². The van der Waals surface area contributed by atoms with Gasteiger partial charge in [-0.1, -0.05) is 12.1 Å². The van der Waals surface area contributed by atoms with Crippen molar-refractivity contribution in [3.8, 4) is 11.3 Å². The van der Waals surface area contributed by atoms with Crippen LogP contribution in [-0.2, 0) is 13.5 Å². The molecule has 0 aliphatic heterocycles. The number of aromatic nitrogens is 5. The van der Waals surface area contributed by atoms with Gasteiger partial charge in [0.1, 0.15) is 12.1 Å². The minimum atomic E-state index is -0.0352. The maximum absolute atomic E-state index is 12.3. The Balaban J connectivity index is 1.50. The van der Waals surface area contributed by atoms with Crippen LogP contribution in [0.5, 0.6) is 0 Å². The molecule has 7 nitrogen and oxygen atoms in total. The van der Waals surface area contributed by atoms with Crippen LogP contribution in [0.3, 0.4) is 0 Å². The van der Waals surface area contributed by atoms with E-state index >= 15 is 0 Å². The number of nitrogens with zero attached hydrogens (tertiary/aromatic N) is 5. The Bertz CT molecular complexity index is 1180. The van der Waals surface area contributed by atoms with Crippen LogP contribution in [0.15, 0.2) is 60.0 Å². The van der Waals surface area contributed by atoms with Gasteiger partial charge < -0.3 is 9.88 Å². The van der Waals surface area contributed by atoms with Gasteiger partial charge in [-0.3, -0.25) is 9.78 Å². The summed E-state index contributed by atoms with van der Waals surface area (Å²) in [5, 5.41) is 3.96. The Morgan fingerprint density at radius 3 is 2.79 bits per heavy atom. The second-order valence-electron chi connectivity index (χ2n) is 6.63. The maximum Gasteiger partial charge on any atom is 0.260 e. The van der Waals surface area contributed by atoms with Crippen LogP contribution in [0.1, 0.15) is 11.3 Å². The lowest BCUT2D eigenvalue weighted by Crippen LogP contribution is -2.17. The predicted octanol–water partition coefficient (Wildman–Crippen LogP) is 2.75. The molecule has 4 rings (SSSR count). The molecule has 0 bridgehead atoms. The maximum atomic E-state index is 12.3. The summed E-state index contributed by atoms with van der Waals surface area (Å²) in [6.45, 7) is 2.62. The minimum Gasteiger partial charge on any atom is -0.370 e. The van der Waals surface area contributed by atoms with E-state index in [1.54, 1.807) is 19.7 Å². The van der Waals surface area contributed by atoms with Crippen LogP contribution in [0.25, 0.3) is 22.2 Å². The number of hydrogen-bond donors (Lipinski definition) is 1. The zero-order chi connectivity index (χ0) is 19.5. The number of hydrogen-bond acceptors (Lipinski definition) is 6. The van der Waals surface area contributed by atoms with E-state index < -0.39 is 0 Å². The highest BCUT2D eigenvalue weighted by Crippen LogP contribution is 2.18. The topological polar surface area (TPSA) is 85.6 Å². The fourth-order valence-corrected chi connectivity index (χ4v) is 3.06. The zero-order valence-electron chi connectivity index (χ0n) is 15.8. The van der Waals surface area contributed by atoms with Crippen molar-refractivity contribution >= 4 is 16.7 Å². The summed E-state index contributed by atoms with van der Waals surface area (Å²) in [6, 6.07) is 11.6. The first-order valence-corrected chi connectivity index (χ1v) is 9.04. The molecule has 0 aliphatic carbocycles. The van der Waals surface area contributed by atoms with E-state index in [0.29, 0.717) is 11.9 Å². The van der Waals surface area contributed by atoms with E-state index in [0.717, 1.165) is 40.3 Å². The lowest BCUT2D eigenvalue weighted by Gasteiger charge is -2.09. The summed E-state index contributed by atoms with van der Waals surface area (Å²) in [5.41, 5.74) is 4.48. The quantitative estimate of drug-likeness (QED) is 0.580. The molecule has 4 aromatic rings. The van der Waals surface area contributed by atoms with Gasteiger partial charge in [-0.2, -0.15) is 0 Å². The number of rotatable bonds is 5. The third-order valence-electron chi connectivity index (χ3n) is 4.61. The molecule has 28 heavy (non-hydrogen) atoms. The highest BCUT2D eigenvalue weighted by molar-refractivity contribution is 5.80. The summed E-state index contributed by atoms with van der Waals surface area (Å²) in [5.74, 6) is 0.745. The first-order chi connectivity index (χ1) is 13.6. The van der Waals surface area contributed by atoms with Crippen molar-refractivity contribution in [1.29, 1.82) is 0 Å². The Morgan fingerprint density at radius 1 is 1.07 bits per heavy atom. The standard InChI is InChI=1S/C21H20N6O/c1-14-6-7-16(11-23-14)18-10-19(25-12-24-18)22-9-8-15-4-3-5-17-20(15)26-13-27(2)21(17)28/h3-7,10-13H,8-9H2,1-2H3,(H,22,24,25). The third-order valence-corrected chi connectivity index (χ3v) is 4.61. The van der Waals surface area contributed by atoms with Crippen molar-refractivity contribution in [3.05, 3.63) is 76.9 Å². The van der Waals surface area contributed by atoms with Crippen molar-refractivity contribution in [2.45, 2.75) is 13.3 Å². The van der Waals surface area contributed by atoms with Gasteiger partial charge in [-0.15, -0.1) is 0 Å². The molecule has 0 spiro atoms. The average Bonchev–Trinajstić information content (AvgIpc) is 2.72. The number of pyridine rings is 1. The fourth-order valence-electron chi connectivity index (χ4n) is 3.06. The number of nitrogens with one attached hydrogen (secondary N) is 1. The normalized spacial score (nSPS) is 10.9. The highest BCUT2D eigenvalue weighted by atomic mass is 16.1. The van der Waals surface area contributed by atoms with Gasteiger partial charge in [0.2, 0.25) is 0 Å². The van der Waals surface area contributed by atoms with Crippen molar-refractivity contribution in [3.63, 3.8) is 0 Å². The summed E-state index contributed by atoms with van der Waals surface area (Å²) >= 11 is 0. The third kappa shape index (κ3) is 3.59. The summed E-state index contributed by atoms with van der Waals surface area (Å²) in [6.07, 6.45) is 5.64. The molecule has 1 N–H and O–H groups in total. The Kier molecular flexibility index (Phi) is 4.80. The van der Waals surface area contributed by atoms with Crippen molar-refractivity contribution in [2.75, 3.05) is 11.9 Å². The molecule has 0 unspecified atom stereocenters. The molecule has 7 heteroatoms. The Labute approximate surface area is 162 Å². The number of fused-ring (bicyclic) bond motifs is 1. The molecule has 0 atom stereocenters. The summed E-state index contributed by atoms with van der Waals surface area (Å²) in [7, 11) is 1.71. The molecule has 0 amide bonds. The van der Waals surface area contributed by atoms with E-state index in [-0.39, 0.29) is 5.56 Å². The minimum absolute atomic E-state index is 0.0352. The number of anilines is 1. The smallest absolute Gasteiger partial charge is 0.260 e. The molecule has 0 radical (unpaired) electrons. The fraction of sp³-hybridized carbons (Fsp3) is 0.190. The molecule has 3 aromatic heterocycles. The van der Waals surface area contributed by atoms with Crippen molar-refractivity contribution in [2.24, 2.45) is 7.05 Å². The van der Waals surface area contributed by atoms with Crippen LogP contribution in [-0.4, -0.2) is 31.0 Å². The summed E-state index contributed by atoms with van der Waals surface area (Å²) in [4.78, 5) is 29.6. The monoisotopic (exact) mass is 372 g/mol. The Hall–Kier alpha value is -3.61. The van der Waals surface area contributed by atoms with Crippen LogP contribution in [0.4, 0.5) is 5.82 Å².